The number of rotatable bonds is 4. The first kappa shape index (κ1) is 12.2. The minimum absolute atomic E-state index is 0.307. The third-order valence-corrected chi connectivity index (χ3v) is 2.43. The molecule has 1 N–H and O–H groups in total. The number of aromatic nitrogens is 2. The summed E-state index contributed by atoms with van der Waals surface area (Å²) in [5, 5.41) is 8.81. The molecule has 0 spiro atoms. The molecule has 0 fully saturated rings. The van der Waals surface area contributed by atoms with Crippen molar-refractivity contribution in [1.82, 2.24) is 9.55 Å². The lowest BCUT2D eigenvalue weighted by molar-refractivity contribution is 0.409. The van der Waals surface area contributed by atoms with E-state index in [0.717, 1.165) is 4.57 Å². The van der Waals surface area contributed by atoms with Gasteiger partial charge in [-0.2, -0.15) is 5.26 Å². The molecule has 1 heterocycles. The third-order valence-electron chi connectivity index (χ3n) is 2.43. The van der Waals surface area contributed by atoms with Gasteiger partial charge in [-0.15, -0.1) is 0 Å². The highest BCUT2D eigenvalue weighted by Gasteiger charge is 2.15. The monoisotopic (exact) mass is 221 g/mol. The highest BCUT2D eigenvalue weighted by molar-refractivity contribution is 4.91. The molecule has 1 aromatic rings. The van der Waals surface area contributed by atoms with Crippen molar-refractivity contribution in [2.45, 2.75) is 33.2 Å². The summed E-state index contributed by atoms with van der Waals surface area (Å²) < 4.78 is 1.15. The Kier molecular flexibility index (Phi) is 3.67. The van der Waals surface area contributed by atoms with Crippen LogP contribution in [0.2, 0.25) is 0 Å². The molecule has 0 aliphatic rings. The fourth-order valence-electron chi connectivity index (χ4n) is 1.40. The predicted molar refractivity (Wildman–Crippen MR) is 60.0 cm³/mol. The van der Waals surface area contributed by atoms with E-state index in [9.17, 15) is 9.59 Å². The van der Waals surface area contributed by atoms with Crippen LogP contribution in [0.4, 0.5) is 0 Å². The Hall–Kier alpha value is -1.83. The van der Waals surface area contributed by atoms with Crippen LogP contribution in [0, 0.1) is 16.7 Å². The highest BCUT2D eigenvalue weighted by Crippen LogP contribution is 2.20. The smallest absolute Gasteiger partial charge is 0.314 e. The average molecular weight is 221 g/mol. The van der Waals surface area contributed by atoms with E-state index in [2.05, 4.69) is 11.1 Å². The Labute approximate surface area is 93.4 Å². The number of nitriles is 1. The molecule has 86 valence electrons. The van der Waals surface area contributed by atoms with Crippen molar-refractivity contribution in [3.05, 3.63) is 33.1 Å². The Balaban J connectivity index is 2.67. The second-order valence-corrected chi connectivity index (χ2v) is 4.37. The number of H-pyrrole nitrogens is 1. The van der Waals surface area contributed by atoms with Gasteiger partial charge in [-0.25, -0.2) is 4.79 Å². The molecule has 5 nitrogen and oxygen atoms in total. The molecule has 0 unspecified atom stereocenters. The summed E-state index contributed by atoms with van der Waals surface area (Å²) in [6, 6.07) is 3.50. The first-order chi connectivity index (χ1) is 7.46. The maximum Gasteiger partial charge on any atom is 0.328 e. The normalized spacial score (nSPS) is 11.1. The van der Waals surface area contributed by atoms with Crippen LogP contribution in [-0.2, 0) is 6.54 Å². The standard InChI is InChI=1S/C11H15N3O2/c1-11(2,8-12)5-3-7-14-9(15)4-6-13-10(14)16/h4,6H,3,5,7H2,1-2H3,(H,13,16). The molecular weight excluding hydrogens is 206 g/mol. The molecular formula is C11H15N3O2. The van der Waals surface area contributed by atoms with E-state index in [1.807, 2.05) is 13.8 Å². The minimum Gasteiger partial charge on any atom is -0.314 e. The van der Waals surface area contributed by atoms with Gasteiger partial charge in [-0.05, 0) is 26.7 Å². The summed E-state index contributed by atoms with van der Waals surface area (Å²) in [6.07, 6.45) is 2.62. The Morgan fingerprint density at radius 2 is 2.19 bits per heavy atom. The van der Waals surface area contributed by atoms with Gasteiger partial charge in [0.2, 0.25) is 0 Å². The Morgan fingerprint density at radius 3 is 2.75 bits per heavy atom. The lowest BCUT2D eigenvalue weighted by Gasteiger charge is -2.14. The topological polar surface area (TPSA) is 78.7 Å². The van der Waals surface area contributed by atoms with Gasteiger partial charge >= 0.3 is 5.69 Å². The van der Waals surface area contributed by atoms with Crippen LogP contribution in [0.1, 0.15) is 26.7 Å². The van der Waals surface area contributed by atoms with Crippen molar-refractivity contribution in [1.29, 1.82) is 5.26 Å². The van der Waals surface area contributed by atoms with Crippen LogP contribution in [0.25, 0.3) is 0 Å². The van der Waals surface area contributed by atoms with Gasteiger partial charge in [0.25, 0.3) is 5.56 Å². The second-order valence-electron chi connectivity index (χ2n) is 4.37. The number of aromatic amines is 1. The molecule has 0 saturated heterocycles. The predicted octanol–water partition coefficient (Wildman–Crippen LogP) is 0.867. The van der Waals surface area contributed by atoms with Crippen molar-refractivity contribution >= 4 is 0 Å². The van der Waals surface area contributed by atoms with Crippen molar-refractivity contribution in [2.24, 2.45) is 5.41 Å². The van der Waals surface area contributed by atoms with Crippen LogP contribution in [0.3, 0.4) is 0 Å². The van der Waals surface area contributed by atoms with Gasteiger partial charge in [0.05, 0.1) is 11.5 Å². The summed E-state index contributed by atoms with van der Waals surface area (Å²) in [5.41, 5.74) is -1.12. The zero-order valence-electron chi connectivity index (χ0n) is 9.49. The molecule has 1 rings (SSSR count). The number of hydrogen-bond donors (Lipinski definition) is 1. The van der Waals surface area contributed by atoms with Crippen molar-refractivity contribution < 1.29 is 0 Å². The molecule has 0 bridgehead atoms. The molecule has 0 aliphatic heterocycles. The Bertz CT molecular complexity index is 477. The molecule has 0 aliphatic carbocycles. The average Bonchev–Trinajstić information content (AvgIpc) is 2.22. The number of nitrogens with zero attached hydrogens (tertiary/aromatic N) is 2. The van der Waals surface area contributed by atoms with E-state index in [1.54, 1.807) is 0 Å². The molecule has 5 heteroatoms. The van der Waals surface area contributed by atoms with E-state index in [4.69, 9.17) is 5.26 Å². The van der Waals surface area contributed by atoms with Crippen LogP contribution in [0.15, 0.2) is 21.9 Å². The first-order valence-corrected chi connectivity index (χ1v) is 5.16. The van der Waals surface area contributed by atoms with Crippen molar-refractivity contribution in [2.75, 3.05) is 0 Å². The summed E-state index contributed by atoms with van der Waals surface area (Å²) >= 11 is 0. The summed E-state index contributed by atoms with van der Waals surface area (Å²) in [5.74, 6) is 0. The lowest BCUT2D eigenvalue weighted by Crippen LogP contribution is -2.34. The van der Waals surface area contributed by atoms with Gasteiger partial charge in [0.1, 0.15) is 0 Å². The van der Waals surface area contributed by atoms with E-state index < -0.39 is 11.1 Å². The van der Waals surface area contributed by atoms with E-state index in [-0.39, 0.29) is 5.56 Å². The van der Waals surface area contributed by atoms with Gasteiger partial charge in [0, 0.05) is 18.8 Å². The van der Waals surface area contributed by atoms with Crippen molar-refractivity contribution in [3.63, 3.8) is 0 Å². The fraction of sp³-hybridized carbons (Fsp3) is 0.545. The zero-order valence-corrected chi connectivity index (χ0v) is 9.49. The second kappa shape index (κ2) is 4.79. The largest absolute Gasteiger partial charge is 0.328 e. The summed E-state index contributed by atoms with van der Waals surface area (Å²) in [4.78, 5) is 25.1. The van der Waals surface area contributed by atoms with E-state index in [1.165, 1.54) is 12.3 Å². The molecule has 16 heavy (non-hydrogen) atoms. The molecule has 0 saturated carbocycles. The van der Waals surface area contributed by atoms with Gasteiger partial charge < -0.3 is 4.98 Å². The van der Waals surface area contributed by atoms with Crippen LogP contribution in [0.5, 0.6) is 0 Å². The minimum atomic E-state index is -0.412. The molecule has 0 radical (unpaired) electrons. The van der Waals surface area contributed by atoms with Crippen LogP contribution < -0.4 is 11.2 Å². The third kappa shape index (κ3) is 3.09. The molecule has 0 aromatic carbocycles. The van der Waals surface area contributed by atoms with Gasteiger partial charge in [-0.3, -0.25) is 9.36 Å². The van der Waals surface area contributed by atoms with E-state index >= 15 is 0 Å². The number of nitrogens with one attached hydrogen (secondary N) is 1. The molecule has 1 aromatic heterocycles. The highest BCUT2D eigenvalue weighted by atomic mass is 16.2. The summed E-state index contributed by atoms with van der Waals surface area (Å²) in [7, 11) is 0. The fourth-order valence-corrected chi connectivity index (χ4v) is 1.40. The van der Waals surface area contributed by atoms with Crippen LogP contribution >= 0.6 is 0 Å². The summed E-state index contributed by atoms with van der Waals surface area (Å²) in [6.45, 7) is 4.02. The maximum atomic E-state index is 11.3. The molecule has 0 amide bonds. The quantitative estimate of drug-likeness (QED) is 0.819. The van der Waals surface area contributed by atoms with Gasteiger partial charge in [-0.1, -0.05) is 0 Å². The van der Waals surface area contributed by atoms with Gasteiger partial charge in [0.15, 0.2) is 0 Å². The number of hydrogen-bond acceptors (Lipinski definition) is 3. The van der Waals surface area contributed by atoms with Crippen LogP contribution in [-0.4, -0.2) is 9.55 Å². The Morgan fingerprint density at radius 1 is 1.50 bits per heavy atom. The SMILES string of the molecule is CC(C)(C#N)CCCn1c(=O)cc[nH]c1=O. The first-order valence-electron chi connectivity index (χ1n) is 5.16. The molecule has 0 atom stereocenters. The zero-order chi connectivity index (χ0) is 12.2. The van der Waals surface area contributed by atoms with E-state index in [0.29, 0.717) is 19.4 Å². The lowest BCUT2D eigenvalue weighted by atomic mass is 9.90. The maximum absolute atomic E-state index is 11.3. The van der Waals surface area contributed by atoms with Crippen molar-refractivity contribution in [3.8, 4) is 6.07 Å².